The highest BCUT2D eigenvalue weighted by molar-refractivity contribution is 7.09. The number of hydrogen-bond acceptors (Lipinski definition) is 3. The smallest absolute Gasteiger partial charge is 0.337 e. The maximum absolute atomic E-state index is 13.7. The molecule has 1 amide bonds. The van der Waals surface area contributed by atoms with E-state index in [2.05, 4.69) is 11.6 Å². The molecule has 1 saturated heterocycles. The number of halogens is 5. The predicted molar refractivity (Wildman–Crippen MR) is 96.6 cm³/mol. The van der Waals surface area contributed by atoms with Gasteiger partial charge in [-0.05, 0) is 44.6 Å². The molecule has 3 rings (SSSR count). The normalized spacial score (nSPS) is 25.0. The number of carbonyl (C=O) groups excluding carboxylic acids is 1. The van der Waals surface area contributed by atoms with Gasteiger partial charge < -0.3 is 4.90 Å². The number of piperidine rings is 1. The van der Waals surface area contributed by atoms with E-state index in [1.807, 2.05) is 0 Å². The zero-order valence-electron chi connectivity index (χ0n) is 15.4. The minimum atomic E-state index is -4.15. The molecule has 156 valence electrons. The maximum Gasteiger partial charge on any atom is 0.391 e. The molecular formula is C19H23F5N2OS. The molecule has 0 unspecified atom stereocenters. The molecule has 0 N–H and O–H groups in total. The van der Waals surface area contributed by atoms with E-state index >= 15 is 0 Å². The number of rotatable bonds is 4. The lowest BCUT2D eigenvalue weighted by Gasteiger charge is -2.34. The average Bonchev–Trinajstić information content (AvgIpc) is 3.17. The summed E-state index contributed by atoms with van der Waals surface area (Å²) in [7, 11) is 0. The Bertz CT molecular complexity index is 701. The van der Waals surface area contributed by atoms with Crippen molar-refractivity contribution >= 4 is 17.2 Å². The molecule has 2 aliphatic rings. The van der Waals surface area contributed by atoms with Crippen molar-refractivity contribution in [3.8, 4) is 0 Å². The molecular weight excluding hydrogens is 399 g/mol. The van der Waals surface area contributed by atoms with Crippen LogP contribution >= 0.6 is 11.3 Å². The SMILES string of the molecule is C=CC(F)(F)C1CCN(C(=O)c2csc(C3CCC(C(F)(F)F)CC3)n2)CC1. The Morgan fingerprint density at radius 1 is 1.07 bits per heavy atom. The average molecular weight is 422 g/mol. The summed E-state index contributed by atoms with van der Waals surface area (Å²) in [6.45, 7) is 3.64. The van der Waals surface area contributed by atoms with Crippen molar-refractivity contribution in [3.05, 3.63) is 28.7 Å². The third kappa shape index (κ3) is 4.55. The van der Waals surface area contributed by atoms with Gasteiger partial charge >= 0.3 is 6.18 Å². The summed E-state index contributed by atoms with van der Waals surface area (Å²) in [6.07, 6.45) is -2.10. The van der Waals surface area contributed by atoms with Crippen molar-refractivity contribution in [1.29, 1.82) is 0 Å². The Hall–Kier alpha value is -1.51. The second kappa shape index (κ2) is 8.08. The summed E-state index contributed by atoms with van der Waals surface area (Å²) in [5.41, 5.74) is 0.256. The van der Waals surface area contributed by atoms with Gasteiger partial charge in [0.25, 0.3) is 11.8 Å². The number of thiazole rings is 1. The summed E-state index contributed by atoms with van der Waals surface area (Å²) in [4.78, 5) is 18.5. The van der Waals surface area contributed by atoms with Gasteiger partial charge in [0, 0.05) is 30.3 Å². The van der Waals surface area contributed by atoms with Crippen LogP contribution in [0.3, 0.4) is 0 Å². The number of nitrogens with zero attached hydrogens (tertiary/aromatic N) is 2. The van der Waals surface area contributed by atoms with Crippen molar-refractivity contribution in [2.45, 2.75) is 56.5 Å². The molecule has 9 heteroatoms. The zero-order chi connectivity index (χ0) is 20.5. The van der Waals surface area contributed by atoms with Crippen LogP contribution in [0.2, 0.25) is 0 Å². The Labute approximate surface area is 164 Å². The number of aromatic nitrogens is 1. The van der Waals surface area contributed by atoms with E-state index in [1.165, 1.54) is 16.2 Å². The van der Waals surface area contributed by atoms with Crippen molar-refractivity contribution in [2.75, 3.05) is 13.1 Å². The molecule has 1 aromatic rings. The van der Waals surface area contributed by atoms with Gasteiger partial charge in [-0.25, -0.2) is 13.8 Å². The lowest BCUT2D eigenvalue weighted by molar-refractivity contribution is -0.182. The highest BCUT2D eigenvalue weighted by atomic mass is 32.1. The van der Waals surface area contributed by atoms with E-state index < -0.39 is 23.9 Å². The highest BCUT2D eigenvalue weighted by Gasteiger charge is 2.42. The first kappa shape index (κ1) is 21.2. The van der Waals surface area contributed by atoms with Gasteiger partial charge in [0.05, 0.1) is 10.9 Å². The quantitative estimate of drug-likeness (QED) is 0.464. The molecule has 3 nitrogen and oxygen atoms in total. The van der Waals surface area contributed by atoms with Crippen LogP contribution in [0.4, 0.5) is 22.0 Å². The van der Waals surface area contributed by atoms with E-state index in [0.29, 0.717) is 23.9 Å². The van der Waals surface area contributed by atoms with Gasteiger partial charge in [0.1, 0.15) is 5.69 Å². The maximum atomic E-state index is 13.7. The topological polar surface area (TPSA) is 33.2 Å². The van der Waals surface area contributed by atoms with Crippen molar-refractivity contribution in [1.82, 2.24) is 9.88 Å². The minimum Gasteiger partial charge on any atom is -0.337 e. The number of allylic oxidation sites excluding steroid dienone is 1. The van der Waals surface area contributed by atoms with E-state index in [0.717, 1.165) is 0 Å². The van der Waals surface area contributed by atoms with Crippen LogP contribution in [0, 0.1) is 11.8 Å². The first-order valence-corrected chi connectivity index (χ1v) is 10.3. The molecule has 0 aromatic carbocycles. The van der Waals surface area contributed by atoms with E-state index in [-0.39, 0.29) is 56.3 Å². The molecule has 2 heterocycles. The van der Waals surface area contributed by atoms with Crippen LogP contribution in [-0.4, -0.2) is 41.0 Å². The lowest BCUT2D eigenvalue weighted by atomic mass is 9.82. The van der Waals surface area contributed by atoms with Gasteiger partial charge in [-0.2, -0.15) is 13.2 Å². The van der Waals surface area contributed by atoms with Crippen LogP contribution in [0.15, 0.2) is 18.0 Å². The van der Waals surface area contributed by atoms with Gasteiger partial charge in [0.2, 0.25) is 0 Å². The van der Waals surface area contributed by atoms with Gasteiger partial charge in [-0.15, -0.1) is 11.3 Å². The molecule has 0 atom stereocenters. The molecule has 0 radical (unpaired) electrons. The molecule has 1 aliphatic heterocycles. The molecule has 2 fully saturated rings. The monoisotopic (exact) mass is 422 g/mol. The summed E-state index contributed by atoms with van der Waals surface area (Å²) in [5, 5.41) is 2.31. The summed E-state index contributed by atoms with van der Waals surface area (Å²) in [5.74, 6) is -5.35. The summed E-state index contributed by atoms with van der Waals surface area (Å²) >= 11 is 1.29. The van der Waals surface area contributed by atoms with E-state index in [4.69, 9.17) is 0 Å². The summed E-state index contributed by atoms with van der Waals surface area (Å²) < 4.78 is 65.8. The van der Waals surface area contributed by atoms with Crippen LogP contribution < -0.4 is 0 Å². The fraction of sp³-hybridized carbons (Fsp3) is 0.684. The molecule has 1 aromatic heterocycles. The van der Waals surface area contributed by atoms with Gasteiger partial charge in [0.15, 0.2) is 0 Å². The standard InChI is InChI=1S/C19H23F5N2OS/c1-2-18(20,21)13-7-9-26(10-8-13)17(27)15-11-28-16(25-15)12-3-5-14(6-4-12)19(22,23)24/h2,11-14H,1,3-10H2. The number of alkyl halides is 5. The Kier molecular flexibility index (Phi) is 6.12. The molecule has 28 heavy (non-hydrogen) atoms. The van der Waals surface area contributed by atoms with E-state index in [9.17, 15) is 26.7 Å². The first-order valence-electron chi connectivity index (χ1n) is 9.44. The third-order valence-corrected chi connectivity index (χ3v) is 6.89. The fourth-order valence-corrected chi connectivity index (χ4v) is 5.00. The molecule has 1 saturated carbocycles. The second-order valence-corrected chi connectivity index (χ2v) is 8.50. The zero-order valence-corrected chi connectivity index (χ0v) is 16.2. The first-order chi connectivity index (χ1) is 13.1. The van der Waals surface area contributed by atoms with Crippen molar-refractivity contribution in [2.24, 2.45) is 11.8 Å². The van der Waals surface area contributed by atoms with Crippen molar-refractivity contribution in [3.63, 3.8) is 0 Å². The second-order valence-electron chi connectivity index (χ2n) is 7.61. The fourth-order valence-electron chi connectivity index (χ4n) is 4.04. The van der Waals surface area contributed by atoms with Crippen molar-refractivity contribution < 1.29 is 26.7 Å². The third-order valence-electron chi connectivity index (χ3n) is 5.88. The molecule has 1 aliphatic carbocycles. The summed E-state index contributed by atoms with van der Waals surface area (Å²) in [6, 6.07) is 0. The van der Waals surface area contributed by atoms with Crippen LogP contribution in [0.1, 0.15) is 59.9 Å². The number of likely N-dealkylation sites (tertiary alicyclic amines) is 1. The van der Waals surface area contributed by atoms with Gasteiger partial charge in [-0.1, -0.05) is 6.58 Å². The number of carbonyl (C=O) groups is 1. The highest BCUT2D eigenvalue weighted by Crippen LogP contribution is 2.43. The predicted octanol–water partition coefficient (Wildman–Crippen LogP) is 5.65. The Balaban J connectivity index is 1.56. The minimum absolute atomic E-state index is 0.0535. The molecule has 0 bridgehead atoms. The Morgan fingerprint density at radius 3 is 2.21 bits per heavy atom. The van der Waals surface area contributed by atoms with Crippen LogP contribution in [0.5, 0.6) is 0 Å². The van der Waals surface area contributed by atoms with Crippen LogP contribution in [-0.2, 0) is 0 Å². The number of amides is 1. The largest absolute Gasteiger partial charge is 0.391 e. The van der Waals surface area contributed by atoms with E-state index in [1.54, 1.807) is 5.38 Å². The lowest BCUT2D eigenvalue weighted by Crippen LogP contribution is -2.42. The van der Waals surface area contributed by atoms with Gasteiger partial charge in [-0.3, -0.25) is 4.79 Å². The number of hydrogen-bond donors (Lipinski definition) is 0. The molecule has 0 spiro atoms. The Morgan fingerprint density at radius 2 is 1.68 bits per heavy atom. The van der Waals surface area contributed by atoms with Crippen LogP contribution in [0.25, 0.3) is 0 Å².